The Balaban J connectivity index is 2.15. The first kappa shape index (κ1) is 8.44. The Morgan fingerprint density at radius 2 is 1.92 bits per heavy atom. The van der Waals surface area contributed by atoms with Gasteiger partial charge in [-0.05, 0) is 5.56 Å². The van der Waals surface area contributed by atoms with Crippen LogP contribution in [0.25, 0.3) is 0 Å². The molecule has 0 aliphatic heterocycles. The molecule has 4 heteroatoms. The lowest BCUT2D eigenvalue weighted by Crippen LogP contribution is -1.87. The summed E-state index contributed by atoms with van der Waals surface area (Å²) in [5.41, 5.74) is 1.17. The first-order valence-corrected chi connectivity index (χ1v) is 4.66. The molecule has 0 aliphatic rings. The smallest absolute Gasteiger partial charge is 0.284 e. The van der Waals surface area contributed by atoms with E-state index in [1.54, 1.807) is 0 Å². The number of halogens is 1. The van der Waals surface area contributed by atoms with Gasteiger partial charge in [0.15, 0.2) is 0 Å². The van der Waals surface area contributed by atoms with E-state index in [1.165, 1.54) is 5.56 Å². The van der Waals surface area contributed by atoms with Crippen molar-refractivity contribution in [1.82, 2.24) is 10.2 Å². The molecule has 3 nitrogen and oxygen atoms in total. The summed E-state index contributed by atoms with van der Waals surface area (Å²) < 4.78 is 5.18. The summed E-state index contributed by atoms with van der Waals surface area (Å²) in [5.74, 6) is 0.623. The number of aromatic nitrogens is 2. The van der Waals surface area contributed by atoms with Crippen LogP contribution in [0.2, 0.25) is 0 Å². The Morgan fingerprint density at radius 3 is 2.54 bits per heavy atom. The Bertz CT molecular complexity index is 386. The lowest BCUT2D eigenvalue weighted by atomic mass is 10.2. The molecule has 2 rings (SSSR count). The van der Waals surface area contributed by atoms with Gasteiger partial charge in [0.1, 0.15) is 0 Å². The molecule has 0 spiro atoms. The molecular weight excluding hydrogens is 232 g/mol. The zero-order chi connectivity index (χ0) is 9.10. The molecule has 0 atom stereocenters. The van der Waals surface area contributed by atoms with E-state index in [9.17, 15) is 0 Å². The summed E-state index contributed by atoms with van der Waals surface area (Å²) in [4.78, 5) is 0.429. The maximum atomic E-state index is 5.18. The van der Waals surface area contributed by atoms with Gasteiger partial charge in [-0.3, -0.25) is 0 Å². The third-order valence-corrected chi connectivity index (χ3v) is 1.96. The van der Waals surface area contributed by atoms with Crippen LogP contribution in [0.15, 0.2) is 39.5 Å². The number of hydrogen-bond donors (Lipinski definition) is 0. The number of hydrogen-bond acceptors (Lipinski definition) is 3. The van der Waals surface area contributed by atoms with Crippen LogP contribution < -0.4 is 0 Å². The number of rotatable bonds is 2. The van der Waals surface area contributed by atoms with Crippen molar-refractivity contribution in [2.45, 2.75) is 6.42 Å². The van der Waals surface area contributed by atoms with Crippen LogP contribution >= 0.6 is 15.9 Å². The quantitative estimate of drug-likeness (QED) is 0.807. The molecule has 0 N–H and O–H groups in total. The van der Waals surface area contributed by atoms with Crippen molar-refractivity contribution in [3.63, 3.8) is 0 Å². The zero-order valence-electron chi connectivity index (χ0n) is 6.77. The summed E-state index contributed by atoms with van der Waals surface area (Å²) >= 11 is 3.11. The highest BCUT2D eigenvalue weighted by Gasteiger charge is 2.03. The van der Waals surface area contributed by atoms with E-state index in [-0.39, 0.29) is 0 Å². The second-order valence-corrected chi connectivity index (χ2v) is 3.29. The fraction of sp³-hybridized carbons (Fsp3) is 0.111. The van der Waals surface area contributed by atoms with Crippen molar-refractivity contribution in [3.8, 4) is 0 Å². The predicted molar refractivity (Wildman–Crippen MR) is 51.2 cm³/mol. The average molecular weight is 239 g/mol. The minimum absolute atomic E-state index is 0.429. The van der Waals surface area contributed by atoms with Crippen LogP contribution in [-0.4, -0.2) is 10.2 Å². The van der Waals surface area contributed by atoms with Gasteiger partial charge < -0.3 is 4.42 Å². The van der Waals surface area contributed by atoms with E-state index in [4.69, 9.17) is 4.42 Å². The van der Waals surface area contributed by atoms with Gasteiger partial charge in [0, 0.05) is 15.9 Å². The van der Waals surface area contributed by atoms with E-state index >= 15 is 0 Å². The van der Waals surface area contributed by atoms with E-state index < -0.39 is 0 Å². The van der Waals surface area contributed by atoms with Crippen LogP contribution in [0.1, 0.15) is 11.5 Å². The molecule has 0 amide bonds. The van der Waals surface area contributed by atoms with Crippen LogP contribution in [0.3, 0.4) is 0 Å². The topological polar surface area (TPSA) is 38.9 Å². The fourth-order valence-electron chi connectivity index (χ4n) is 1.08. The molecule has 0 saturated heterocycles. The number of benzene rings is 1. The summed E-state index contributed by atoms with van der Waals surface area (Å²) in [7, 11) is 0. The standard InChI is InChI=1S/C9H7BrN2O/c10-9-12-11-8(13-9)6-7-4-2-1-3-5-7/h1-5H,6H2. The molecule has 1 aromatic heterocycles. The molecule has 1 heterocycles. The first-order chi connectivity index (χ1) is 6.34. The Hall–Kier alpha value is -1.16. The molecular formula is C9H7BrN2O. The third-order valence-electron chi connectivity index (χ3n) is 1.64. The van der Waals surface area contributed by atoms with E-state index in [2.05, 4.69) is 26.1 Å². The van der Waals surface area contributed by atoms with Gasteiger partial charge in [0.2, 0.25) is 5.89 Å². The normalized spacial score (nSPS) is 10.2. The highest BCUT2D eigenvalue weighted by Crippen LogP contribution is 2.11. The molecule has 13 heavy (non-hydrogen) atoms. The van der Waals surface area contributed by atoms with Crippen LogP contribution in [0, 0.1) is 0 Å². The Labute approximate surface area is 83.9 Å². The van der Waals surface area contributed by atoms with E-state index in [0.29, 0.717) is 17.1 Å². The fourth-order valence-corrected chi connectivity index (χ4v) is 1.34. The minimum atomic E-state index is 0.429. The molecule has 1 aromatic carbocycles. The van der Waals surface area contributed by atoms with Crippen LogP contribution in [0.4, 0.5) is 0 Å². The zero-order valence-corrected chi connectivity index (χ0v) is 8.36. The Kier molecular flexibility index (Phi) is 2.40. The summed E-state index contributed by atoms with van der Waals surface area (Å²) in [6.07, 6.45) is 0.680. The third kappa shape index (κ3) is 2.15. The average Bonchev–Trinajstić information content (AvgIpc) is 2.53. The molecule has 0 radical (unpaired) electrons. The molecule has 66 valence electrons. The van der Waals surface area contributed by atoms with Crippen molar-refractivity contribution < 1.29 is 4.42 Å². The number of nitrogens with zero attached hydrogens (tertiary/aromatic N) is 2. The van der Waals surface area contributed by atoms with Gasteiger partial charge >= 0.3 is 0 Å². The molecule has 0 fully saturated rings. The lowest BCUT2D eigenvalue weighted by molar-refractivity contribution is 0.482. The molecule has 0 aliphatic carbocycles. The summed E-state index contributed by atoms with van der Waals surface area (Å²) in [6, 6.07) is 10.0. The Morgan fingerprint density at radius 1 is 1.15 bits per heavy atom. The minimum Gasteiger partial charge on any atom is -0.415 e. The second kappa shape index (κ2) is 3.70. The highest BCUT2D eigenvalue weighted by molar-refractivity contribution is 9.10. The first-order valence-electron chi connectivity index (χ1n) is 3.86. The SMILES string of the molecule is Brc1nnc(Cc2ccccc2)o1. The van der Waals surface area contributed by atoms with Crippen molar-refractivity contribution >= 4 is 15.9 Å². The van der Waals surface area contributed by atoms with Gasteiger partial charge in [-0.25, -0.2) is 0 Å². The van der Waals surface area contributed by atoms with Gasteiger partial charge in [0.05, 0.1) is 6.42 Å². The summed E-state index contributed by atoms with van der Waals surface area (Å²) in [6.45, 7) is 0. The molecule has 0 bridgehead atoms. The highest BCUT2D eigenvalue weighted by atomic mass is 79.9. The molecule has 2 aromatic rings. The van der Waals surface area contributed by atoms with Crippen molar-refractivity contribution in [3.05, 3.63) is 46.6 Å². The van der Waals surface area contributed by atoms with Gasteiger partial charge in [0.25, 0.3) is 4.80 Å². The second-order valence-electron chi connectivity index (χ2n) is 2.61. The molecule has 0 unspecified atom stereocenters. The largest absolute Gasteiger partial charge is 0.415 e. The van der Waals surface area contributed by atoms with Crippen molar-refractivity contribution in [1.29, 1.82) is 0 Å². The molecule has 0 saturated carbocycles. The van der Waals surface area contributed by atoms with Crippen LogP contribution in [0.5, 0.6) is 0 Å². The van der Waals surface area contributed by atoms with Gasteiger partial charge in [-0.15, -0.1) is 10.2 Å². The van der Waals surface area contributed by atoms with Gasteiger partial charge in [-0.2, -0.15) is 0 Å². The van der Waals surface area contributed by atoms with Crippen molar-refractivity contribution in [2.75, 3.05) is 0 Å². The predicted octanol–water partition coefficient (Wildman–Crippen LogP) is 2.42. The summed E-state index contributed by atoms with van der Waals surface area (Å²) in [5, 5.41) is 7.56. The maximum absolute atomic E-state index is 5.18. The van der Waals surface area contributed by atoms with Gasteiger partial charge in [-0.1, -0.05) is 30.3 Å². The van der Waals surface area contributed by atoms with E-state index in [0.717, 1.165) is 0 Å². The lowest BCUT2D eigenvalue weighted by Gasteiger charge is -1.93. The monoisotopic (exact) mass is 238 g/mol. The van der Waals surface area contributed by atoms with Crippen LogP contribution in [-0.2, 0) is 6.42 Å². The van der Waals surface area contributed by atoms with Crippen molar-refractivity contribution in [2.24, 2.45) is 0 Å². The van der Waals surface area contributed by atoms with E-state index in [1.807, 2.05) is 30.3 Å². The maximum Gasteiger partial charge on any atom is 0.284 e.